The topological polar surface area (TPSA) is 82.5 Å². The maximum absolute atomic E-state index is 11.9. The fourth-order valence-electron chi connectivity index (χ4n) is 2.64. The molecule has 0 aliphatic heterocycles. The number of benzene rings is 2. The van der Waals surface area contributed by atoms with Crippen LogP contribution >= 0.6 is 0 Å². The number of hydrogen-bond donors (Lipinski definition) is 1. The van der Waals surface area contributed by atoms with Crippen LogP contribution in [0.25, 0.3) is 22.1 Å². The molecule has 2 N–H and O–H groups in total. The Kier molecular flexibility index (Phi) is 4.66. The third-order valence-corrected chi connectivity index (χ3v) is 3.96. The summed E-state index contributed by atoms with van der Waals surface area (Å²) in [6.07, 6.45) is 0. The molecule has 1 amide bonds. The SMILES string of the molecule is CC(C)(C)OCc1ccc(-c2cc(=O)oc3ccc(C(N)=O)cc23)cc1. The largest absolute Gasteiger partial charge is 0.423 e. The third-order valence-electron chi connectivity index (χ3n) is 3.96. The molecule has 3 rings (SSSR count). The number of carbonyl (C=O) groups excluding carboxylic acids is 1. The third kappa shape index (κ3) is 4.00. The van der Waals surface area contributed by atoms with Crippen molar-refractivity contribution in [2.75, 3.05) is 0 Å². The van der Waals surface area contributed by atoms with E-state index >= 15 is 0 Å². The first-order chi connectivity index (χ1) is 12.2. The van der Waals surface area contributed by atoms with E-state index in [2.05, 4.69) is 0 Å². The second-order valence-corrected chi connectivity index (χ2v) is 7.15. The Bertz CT molecular complexity index is 1010. The summed E-state index contributed by atoms with van der Waals surface area (Å²) >= 11 is 0. The van der Waals surface area contributed by atoms with Crippen LogP contribution in [-0.2, 0) is 11.3 Å². The molecular weight excluding hydrogens is 330 g/mol. The van der Waals surface area contributed by atoms with Crippen LogP contribution in [-0.4, -0.2) is 11.5 Å². The number of fused-ring (bicyclic) bond motifs is 1. The van der Waals surface area contributed by atoms with Gasteiger partial charge in [-0.05, 0) is 55.7 Å². The van der Waals surface area contributed by atoms with E-state index in [9.17, 15) is 9.59 Å². The van der Waals surface area contributed by atoms with Crippen LogP contribution < -0.4 is 11.4 Å². The molecule has 0 atom stereocenters. The van der Waals surface area contributed by atoms with Gasteiger partial charge in [0.1, 0.15) is 5.58 Å². The molecule has 2 aromatic carbocycles. The van der Waals surface area contributed by atoms with Gasteiger partial charge in [0.25, 0.3) is 0 Å². The molecule has 1 heterocycles. The van der Waals surface area contributed by atoms with Gasteiger partial charge in [0.2, 0.25) is 5.91 Å². The Labute approximate surface area is 151 Å². The highest BCUT2D eigenvalue weighted by molar-refractivity contribution is 6.00. The summed E-state index contributed by atoms with van der Waals surface area (Å²) in [5, 5.41) is 0.666. The van der Waals surface area contributed by atoms with Crippen molar-refractivity contribution in [2.24, 2.45) is 5.73 Å². The zero-order chi connectivity index (χ0) is 18.9. The average molecular weight is 351 g/mol. The van der Waals surface area contributed by atoms with Gasteiger partial charge in [-0.2, -0.15) is 0 Å². The van der Waals surface area contributed by atoms with Crippen LogP contribution in [0.3, 0.4) is 0 Å². The minimum absolute atomic E-state index is 0.210. The standard InChI is InChI=1S/C21H21NO4/c1-21(2,3)25-12-13-4-6-14(7-5-13)16-11-19(23)26-18-9-8-15(20(22)24)10-17(16)18/h4-11H,12H2,1-3H3,(H2,22,24). The number of primary amides is 1. The van der Waals surface area contributed by atoms with Gasteiger partial charge in [0, 0.05) is 17.0 Å². The summed E-state index contributed by atoms with van der Waals surface area (Å²) in [6.45, 7) is 6.53. The van der Waals surface area contributed by atoms with E-state index in [1.165, 1.54) is 6.07 Å². The fourth-order valence-corrected chi connectivity index (χ4v) is 2.64. The predicted molar refractivity (Wildman–Crippen MR) is 101 cm³/mol. The van der Waals surface area contributed by atoms with Gasteiger partial charge in [0.15, 0.2) is 0 Å². The number of nitrogens with two attached hydrogens (primary N) is 1. The first kappa shape index (κ1) is 17.9. The average Bonchev–Trinajstić information content (AvgIpc) is 2.58. The van der Waals surface area contributed by atoms with Gasteiger partial charge in [-0.1, -0.05) is 24.3 Å². The Morgan fingerprint density at radius 2 is 1.77 bits per heavy atom. The molecule has 0 bridgehead atoms. The van der Waals surface area contributed by atoms with Crippen molar-refractivity contribution in [3.63, 3.8) is 0 Å². The summed E-state index contributed by atoms with van der Waals surface area (Å²) in [5.41, 5.74) is 8.07. The normalized spacial score (nSPS) is 11.7. The lowest BCUT2D eigenvalue weighted by molar-refractivity contribution is -0.0149. The van der Waals surface area contributed by atoms with Crippen LogP contribution in [0, 0.1) is 0 Å². The maximum Gasteiger partial charge on any atom is 0.336 e. The minimum Gasteiger partial charge on any atom is -0.423 e. The van der Waals surface area contributed by atoms with Gasteiger partial charge >= 0.3 is 5.63 Å². The van der Waals surface area contributed by atoms with Crippen LogP contribution in [0.2, 0.25) is 0 Å². The van der Waals surface area contributed by atoms with Crippen molar-refractivity contribution < 1.29 is 13.9 Å². The molecular formula is C21H21NO4. The smallest absolute Gasteiger partial charge is 0.336 e. The van der Waals surface area contributed by atoms with Gasteiger partial charge in [-0.25, -0.2) is 4.79 Å². The number of ether oxygens (including phenoxy) is 1. The summed E-state index contributed by atoms with van der Waals surface area (Å²) < 4.78 is 11.0. The minimum atomic E-state index is -0.529. The molecule has 0 saturated heterocycles. The number of rotatable bonds is 4. The fraction of sp³-hybridized carbons (Fsp3) is 0.238. The Morgan fingerprint density at radius 1 is 1.08 bits per heavy atom. The van der Waals surface area contributed by atoms with E-state index in [4.69, 9.17) is 14.9 Å². The number of hydrogen-bond acceptors (Lipinski definition) is 4. The van der Waals surface area contributed by atoms with Crippen molar-refractivity contribution in [2.45, 2.75) is 33.0 Å². The zero-order valence-corrected chi connectivity index (χ0v) is 15.0. The monoisotopic (exact) mass is 351 g/mol. The molecule has 0 aliphatic rings. The molecule has 0 saturated carbocycles. The lowest BCUT2D eigenvalue weighted by atomic mass is 9.99. The van der Waals surface area contributed by atoms with E-state index in [0.29, 0.717) is 28.7 Å². The Hall–Kier alpha value is -2.92. The van der Waals surface area contributed by atoms with Gasteiger partial charge in [-0.3, -0.25) is 4.79 Å². The van der Waals surface area contributed by atoms with Crippen LogP contribution in [0.1, 0.15) is 36.7 Å². The van der Waals surface area contributed by atoms with Gasteiger partial charge < -0.3 is 14.9 Å². The van der Waals surface area contributed by atoms with E-state index in [-0.39, 0.29) is 5.60 Å². The first-order valence-electron chi connectivity index (χ1n) is 8.34. The molecule has 1 aromatic heterocycles. The van der Waals surface area contributed by atoms with Crippen molar-refractivity contribution in [3.05, 3.63) is 70.1 Å². The van der Waals surface area contributed by atoms with Crippen molar-refractivity contribution in [1.29, 1.82) is 0 Å². The second-order valence-electron chi connectivity index (χ2n) is 7.15. The van der Waals surface area contributed by atoms with E-state index in [0.717, 1.165) is 11.1 Å². The van der Waals surface area contributed by atoms with Crippen molar-refractivity contribution in [1.82, 2.24) is 0 Å². The Morgan fingerprint density at radius 3 is 2.38 bits per heavy atom. The molecule has 0 spiro atoms. The molecule has 134 valence electrons. The molecule has 5 heteroatoms. The molecule has 0 aliphatic carbocycles. The zero-order valence-electron chi connectivity index (χ0n) is 15.0. The summed E-state index contributed by atoms with van der Waals surface area (Å²) in [6, 6.07) is 14.0. The number of carbonyl (C=O) groups is 1. The number of amides is 1. The summed E-state index contributed by atoms with van der Waals surface area (Å²) in [4.78, 5) is 23.4. The van der Waals surface area contributed by atoms with Crippen molar-refractivity contribution in [3.8, 4) is 11.1 Å². The molecule has 0 unspecified atom stereocenters. The van der Waals surface area contributed by atoms with Gasteiger partial charge in [0.05, 0.1) is 12.2 Å². The lowest BCUT2D eigenvalue weighted by Gasteiger charge is -2.19. The van der Waals surface area contributed by atoms with Crippen LogP contribution in [0.15, 0.2) is 57.7 Å². The maximum atomic E-state index is 11.9. The molecule has 5 nitrogen and oxygen atoms in total. The highest BCUT2D eigenvalue weighted by atomic mass is 16.5. The molecule has 3 aromatic rings. The predicted octanol–water partition coefficient (Wildman–Crippen LogP) is 3.87. The highest BCUT2D eigenvalue weighted by Gasteiger charge is 2.12. The van der Waals surface area contributed by atoms with Crippen LogP contribution in [0.4, 0.5) is 0 Å². The van der Waals surface area contributed by atoms with Crippen LogP contribution in [0.5, 0.6) is 0 Å². The first-order valence-corrected chi connectivity index (χ1v) is 8.34. The molecule has 26 heavy (non-hydrogen) atoms. The van der Waals surface area contributed by atoms with E-state index in [1.807, 2.05) is 45.0 Å². The summed E-state index contributed by atoms with van der Waals surface area (Å²) in [7, 11) is 0. The van der Waals surface area contributed by atoms with E-state index in [1.54, 1.807) is 18.2 Å². The van der Waals surface area contributed by atoms with Gasteiger partial charge in [-0.15, -0.1) is 0 Å². The quantitative estimate of drug-likeness (QED) is 0.723. The molecule has 0 fully saturated rings. The Balaban J connectivity index is 2.02. The van der Waals surface area contributed by atoms with E-state index < -0.39 is 11.5 Å². The van der Waals surface area contributed by atoms with Crippen molar-refractivity contribution >= 4 is 16.9 Å². The molecule has 0 radical (unpaired) electrons. The highest BCUT2D eigenvalue weighted by Crippen LogP contribution is 2.28. The summed E-state index contributed by atoms with van der Waals surface area (Å²) in [5.74, 6) is -0.529. The lowest BCUT2D eigenvalue weighted by Crippen LogP contribution is -2.18. The second kappa shape index (κ2) is 6.77.